The summed E-state index contributed by atoms with van der Waals surface area (Å²) >= 11 is 0. The molecule has 4 aromatic heterocycles. The zero-order valence-electron chi connectivity index (χ0n) is 21.8. The molecule has 0 aliphatic carbocycles. The molecule has 1 amide bonds. The summed E-state index contributed by atoms with van der Waals surface area (Å²) in [5.74, 6) is -0.0984. The Morgan fingerprint density at radius 2 is 1.93 bits per heavy atom. The third-order valence-electron chi connectivity index (χ3n) is 6.61. The van der Waals surface area contributed by atoms with E-state index in [0.29, 0.717) is 39.1 Å². The lowest BCUT2D eigenvalue weighted by molar-refractivity contribution is 0.0938. The van der Waals surface area contributed by atoms with Crippen LogP contribution in [0.2, 0.25) is 0 Å². The molecule has 0 saturated carbocycles. The number of aromatic nitrogens is 5. The smallest absolute Gasteiger partial charge is 0.259 e. The molecule has 0 unspecified atom stereocenters. The van der Waals surface area contributed by atoms with Crippen LogP contribution in [0.5, 0.6) is 0 Å². The van der Waals surface area contributed by atoms with Gasteiger partial charge in [-0.25, -0.2) is 9.50 Å². The quantitative estimate of drug-likeness (QED) is 0.324. The van der Waals surface area contributed by atoms with Gasteiger partial charge in [-0.3, -0.25) is 14.3 Å². The summed E-state index contributed by atoms with van der Waals surface area (Å²) in [5, 5.41) is 11.7. The van der Waals surface area contributed by atoms with Gasteiger partial charge in [0.2, 0.25) is 5.43 Å². The second-order valence-corrected chi connectivity index (χ2v) is 9.38. The number of carbonyl (C=O) groups excluding carboxylic acids is 1. The number of anilines is 1. The van der Waals surface area contributed by atoms with Crippen LogP contribution in [0, 0.1) is 0 Å². The molecule has 10 heteroatoms. The van der Waals surface area contributed by atoms with E-state index in [0.717, 1.165) is 5.56 Å². The largest absolute Gasteiger partial charge is 0.458 e. The number of nitrogens with zero attached hydrogens (tertiary/aromatic N) is 5. The van der Waals surface area contributed by atoms with E-state index < -0.39 is 11.9 Å². The number of hydrogen-bond donors (Lipinski definition) is 2. The first-order valence-electron chi connectivity index (χ1n) is 12.6. The molecule has 198 valence electrons. The molecule has 10 nitrogen and oxygen atoms in total. The molecule has 40 heavy (non-hydrogen) atoms. The Labute approximate surface area is 228 Å². The molecule has 4 heterocycles. The van der Waals surface area contributed by atoms with E-state index in [-0.39, 0.29) is 16.8 Å². The fraction of sp³-hybridized carbons (Fsp3) is 0.100. The molecule has 6 aromatic rings. The molecule has 1 atom stereocenters. The number of rotatable bonds is 6. The number of aryl methyl sites for hydroxylation is 1. The number of nitrogens with two attached hydrogens (primary N) is 1. The standard InChI is InChI=1S/C30H25N7O3/c1-18(34-30(39)25-28(31)35-37-15-7-14-32-29(25)37)27-24(20-8-4-3-5-9-20)26(38)23-21(10-6-11-22(23)40-27)13-12-19-16-33-36(2)17-19/h3-18H,1-2H3,(H2,31,35)(H,34,39)/b13-12-/t18-/m1/s1. The fourth-order valence-electron chi connectivity index (χ4n) is 4.77. The van der Waals surface area contributed by atoms with Crippen molar-refractivity contribution in [1.82, 2.24) is 29.7 Å². The fourth-order valence-corrected chi connectivity index (χ4v) is 4.77. The topological polar surface area (TPSA) is 133 Å². The molecule has 0 radical (unpaired) electrons. The van der Waals surface area contributed by atoms with Gasteiger partial charge in [-0.15, -0.1) is 5.10 Å². The summed E-state index contributed by atoms with van der Waals surface area (Å²) in [6, 6.07) is 15.7. The minimum atomic E-state index is -0.688. The lowest BCUT2D eigenvalue weighted by Crippen LogP contribution is -2.28. The van der Waals surface area contributed by atoms with Gasteiger partial charge in [0.25, 0.3) is 5.91 Å². The van der Waals surface area contributed by atoms with Crippen molar-refractivity contribution in [3.8, 4) is 11.1 Å². The van der Waals surface area contributed by atoms with Crippen molar-refractivity contribution < 1.29 is 9.21 Å². The van der Waals surface area contributed by atoms with Crippen LogP contribution in [0.25, 0.3) is 39.9 Å². The van der Waals surface area contributed by atoms with Gasteiger partial charge in [-0.05, 0) is 30.2 Å². The maximum Gasteiger partial charge on any atom is 0.259 e. The van der Waals surface area contributed by atoms with E-state index in [4.69, 9.17) is 10.2 Å². The lowest BCUT2D eigenvalue weighted by atomic mass is 9.97. The number of benzene rings is 2. The number of carbonyl (C=O) groups is 1. The highest BCUT2D eigenvalue weighted by molar-refractivity contribution is 6.04. The zero-order chi connectivity index (χ0) is 27.8. The molecule has 0 aliphatic heterocycles. The van der Waals surface area contributed by atoms with Gasteiger partial charge in [-0.1, -0.05) is 54.6 Å². The third-order valence-corrected chi connectivity index (χ3v) is 6.61. The molecular formula is C30H25N7O3. The van der Waals surface area contributed by atoms with Crippen molar-refractivity contribution in [2.45, 2.75) is 13.0 Å². The van der Waals surface area contributed by atoms with Crippen LogP contribution in [0.4, 0.5) is 5.82 Å². The van der Waals surface area contributed by atoms with Crippen molar-refractivity contribution in [3.05, 3.63) is 112 Å². The van der Waals surface area contributed by atoms with E-state index in [9.17, 15) is 9.59 Å². The predicted molar refractivity (Wildman–Crippen MR) is 153 cm³/mol. The molecule has 0 saturated heterocycles. The van der Waals surface area contributed by atoms with Gasteiger partial charge in [0.05, 0.1) is 23.2 Å². The highest BCUT2D eigenvalue weighted by Gasteiger charge is 2.26. The van der Waals surface area contributed by atoms with Gasteiger partial charge < -0.3 is 15.5 Å². The van der Waals surface area contributed by atoms with E-state index >= 15 is 0 Å². The van der Waals surface area contributed by atoms with Crippen LogP contribution in [-0.2, 0) is 7.05 Å². The van der Waals surface area contributed by atoms with Crippen molar-refractivity contribution in [2.75, 3.05) is 5.73 Å². The Morgan fingerprint density at radius 1 is 1.10 bits per heavy atom. The van der Waals surface area contributed by atoms with E-state index in [1.807, 2.05) is 67.9 Å². The molecule has 0 spiro atoms. The van der Waals surface area contributed by atoms with E-state index in [1.165, 1.54) is 4.52 Å². The molecule has 6 rings (SSSR count). The van der Waals surface area contributed by atoms with Crippen LogP contribution >= 0.6 is 0 Å². The van der Waals surface area contributed by atoms with Crippen LogP contribution in [0.15, 0.2) is 88.6 Å². The SMILES string of the molecule is C[C@@H](NC(=O)c1c(N)nn2cccnc12)c1oc2cccc(/C=C\c3cnn(C)c3)c2c(=O)c1-c1ccccc1. The van der Waals surface area contributed by atoms with Crippen LogP contribution in [0.3, 0.4) is 0 Å². The number of nitrogens with one attached hydrogen (secondary N) is 1. The number of nitrogen functional groups attached to an aromatic ring is 1. The number of hydrogen-bond acceptors (Lipinski definition) is 7. The third kappa shape index (κ3) is 4.41. The Hall–Kier alpha value is -5.51. The molecule has 3 N–H and O–H groups in total. The molecular weight excluding hydrogens is 506 g/mol. The Bertz CT molecular complexity index is 1970. The summed E-state index contributed by atoms with van der Waals surface area (Å²) in [4.78, 5) is 31.8. The van der Waals surface area contributed by atoms with Gasteiger partial charge in [-0.2, -0.15) is 5.10 Å². The van der Waals surface area contributed by atoms with E-state index in [1.54, 1.807) is 42.3 Å². The first-order valence-corrected chi connectivity index (χ1v) is 12.6. The van der Waals surface area contributed by atoms with Crippen LogP contribution in [0.1, 0.15) is 40.2 Å². The highest BCUT2D eigenvalue weighted by atomic mass is 16.3. The lowest BCUT2D eigenvalue weighted by Gasteiger charge is -2.18. The highest BCUT2D eigenvalue weighted by Crippen LogP contribution is 2.31. The Balaban J connectivity index is 1.46. The number of fused-ring (bicyclic) bond motifs is 2. The minimum absolute atomic E-state index is 0.0525. The molecule has 2 aromatic carbocycles. The van der Waals surface area contributed by atoms with E-state index in [2.05, 4.69) is 20.5 Å². The van der Waals surface area contributed by atoms with Crippen LogP contribution < -0.4 is 16.5 Å². The van der Waals surface area contributed by atoms with Gasteiger partial charge >= 0.3 is 0 Å². The van der Waals surface area contributed by atoms with Crippen molar-refractivity contribution in [2.24, 2.45) is 7.05 Å². The summed E-state index contributed by atoms with van der Waals surface area (Å²) in [7, 11) is 1.85. The first-order chi connectivity index (χ1) is 19.4. The monoisotopic (exact) mass is 531 g/mol. The summed E-state index contributed by atoms with van der Waals surface area (Å²) in [6.45, 7) is 1.76. The minimum Gasteiger partial charge on any atom is -0.458 e. The summed E-state index contributed by atoms with van der Waals surface area (Å²) < 4.78 is 9.55. The van der Waals surface area contributed by atoms with Crippen molar-refractivity contribution >= 4 is 40.5 Å². The van der Waals surface area contributed by atoms with Crippen molar-refractivity contribution in [1.29, 1.82) is 0 Å². The maximum absolute atomic E-state index is 14.2. The average molecular weight is 532 g/mol. The molecule has 0 aliphatic rings. The zero-order valence-corrected chi connectivity index (χ0v) is 21.8. The van der Waals surface area contributed by atoms with Gasteiger partial charge in [0.15, 0.2) is 11.5 Å². The first kappa shape index (κ1) is 24.8. The van der Waals surface area contributed by atoms with Crippen LogP contribution in [-0.4, -0.2) is 30.3 Å². The second kappa shape index (κ2) is 9.99. The molecule has 0 fully saturated rings. The van der Waals surface area contributed by atoms with Gasteiger partial charge in [0, 0.05) is 31.2 Å². The average Bonchev–Trinajstić information content (AvgIpc) is 3.53. The Kier molecular flexibility index (Phi) is 6.19. The maximum atomic E-state index is 14.2. The normalized spacial score (nSPS) is 12.3. The number of amides is 1. The second-order valence-electron chi connectivity index (χ2n) is 9.38. The van der Waals surface area contributed by atoms with Gasteiger partial charge in [0.1, 0.15) is 16.9 Å². The molecule has 0 bridgehead atoms. The predicted octanol–water partition coefficient (Wildman–Crippen LogP) is 4.48. The summed E-state index contributed by atoms with van der Waals surface area (Å²) in [5.41, 5.74) is 9.41. The Morgan fingerprint density at radius 3 is 2.70 bits per heavy atom. The van der Waals surface area contributed by atoms with Crippen molar-refractivity contribution in [3.63, 3.8) is 0 Å². The summed E-state index contributed by atoms with van der Waals surface area (Å²) in [6.07, 6.45) is 10.6.